The Balaban J connectivity index is 2.01. The molecule has 0 saturated carbocycles. The van der Waals surface area contributed by atoms with Crippen LogP contribution in [0, 0.1) is 11.3 Å². The number of benzene rings is 3. The number of nitrogens with two attached hydrogens (primary N) is 1. The van der Waals surface area contributed by atoms with E-state index < -0.39 is 5.91 Å². The Labute approximate surface area is 177 Å². The van der Waals surface area contributed by atoms with Crippen molar-refractivity contribution >= 4 is 46.7 Å². The highest BCUT2D eigenvalue weighted by Gasteiger charge is 2.16. The van der Waals surface area contributed by atoms with E-state index >= 15 is 0 Å². The van der Waals surface area contributed by atoms with Gasteiger partial charge in [-0.15, -0.1) is 0 Å². The molecule has 4 nitrogen and oxygen atoms in total. The van der Waals surface area contributed by atoms with E-state index in [-0.39, 0.29) is 0 Å². The minimum absolute atomic E-state index is 0.391. The van der Waals surface area contributed by atoms with Crippen molar-refractivity contribution < 1.29 is 4.79 Å². The third-order valence-corrected chi connectivity index (χ3v) is 5.69. The van der Waals surface area contributed by atoms with Gasteiger partial charge in [0.05, 0.1) is 18.2 Å². The zero-order valence-electron chi connectivity index (χ0n) is 14.6. The van der Waals surface area contributed by atoms with E-state index in [4.69, 9.17) is 34.2 Å². The third-order valence-electron chi connectivity index (χ3n) is 3.96. The van der Waals surface area contributed by atoms with Gasteiger partial charge in [-0.2, -0.15) is 5.26 Å². The fourth-order valence-corrected chi connectivity index (χ4v) is 4.07. The second kappa shape index (κ2) is 9.03. The maximum Gasteiger partial charge on any atom is 0.248 e. The maximum absolute atomic E-state index is 11.6. The number of amides is 1. The molecule has 0 heterocycles. The molecule has 0 unspecified atom stereocenters. The quantitative estimate of drug-likeness (QED) is 0.513. The van der Waals surface area contributed by atoms with Crippen molar-refractivity contribution in [1.82, 2.24) is 0 Å². The largest absolute Gasteiger partial charge is 0.366 e. The Morgan fingerprint density at radius 3 is 2.39 bits per heavy atom. The van der Waals surface area contributed by atoms with Crippen LogP contribution in [0.2, 0.25) is 10.0 Å². The first-order chi connectivity index (χ1) is 13.5. The number of primary amides is 1. The predicted octanol–water partition coefficient (Wildman–Crippen LogP) is 5.68. The number of carbonyl (C=O) groups is 1. The van der Waals surface area contributed by atoms with Crippen LogP contribution in [0.1, 0.15) is 21.5 Å². The molecule has 0 aliphatic carbocycles. The van der Waals surface area contributed by atoms with Gasteiger partial charge in [0, 0.05) is 31.8 Å². The number of nitriles is 1. The van der Waals surface area contributed by atoms with E-state index in [0.717, 1.165) is 16.1 Å². The van der Waals surface area contributed by atoms with Gasteiger partial charge in [0.1, 0.15) is 0 Å². The first kappa shape index (κ1) is 20.1. The highest BCUT2D eigenvalue weighted by molar-refractivity contribution is 8.00. The highest BCUT2D eigenvalue weighted by atomic mass is 35.5. The number of hydrogen-bond donors (Lipinski definition) is 1. The fourth-order valence-electron chi connectivity index (χ4n) is 2.57. The fraction of sp³-hybridized carbons (Fsp3) is 0.0476. The molecule has 28 heavy (non-hydrogen) atoms. The van der Waals surface area contributed by atoms with E-state index in [1.54, 1.807) is 48.5 Å². The van der Waals surface area contributed by atoms with Crippen LogP contribution in [0.25, 0.3) is 0 Å². The van der Waals surface area contributed by atoms with Crippen molar-refractivity contribution in [2.24, 2.45) is 5.73 Å². The first-order valence-corrected chi connectivity index (χ1v) is 9.79. The van der Waals surface area contributed by atoms with Crippen molar-refractivity contribution in [3.05, 3.63) is 93.5 Å². The van der Waals surface area contributed by atoms with E-state index in [1.165, 1.54) is 11.9 Å². The van der Waals surface area contributed by atoms with Gasteiger partial charge >= 0.3 is 0 Å². The average molecular weight is 428 g/mol. The van der Waals surface area contributed by atoms with E-state index in [1.807, 2.05) is 22.5 Å². The molecule has 0 aliphatic heterocycles. The summed E-state index contributed by atoms with van der Waals surface area (Å²) in [5.41, 5.74) is 7.92. The number of halogens is 2. The van der Waals surface area contributed by atoms with Gasteiger partial charge in [-0.3, -0.25) is 4.79 Å². The molecule has 0 radical (unpaired) electrons. The molecule has 0 bridgehead atoms. The van der Waals surface area contributed by atoms with Gasteiger partial charge < -0.3 is 10.0 Å². The van der Waals surface area contributed by atoms with Crippen molar-refractivity contribution in [3.8, 4) is 6.07 Å². The molecule has 3 rings (SSSR count). The summed E-state index contributed by atoms with van der Waals surface area (Å²) in [7, 11) is 0. The smallest absolute Gasteiger partial charge is 0.248 e. The van der Waals surface area contributed by atoms with E-state index in [0.29, 0.717) is 27.7 Å². The summed E-state index contributed by atoms with van der Waals surface area (Å²) in [6.07, 6.45) is 0. The van der Waals surface area contributed by atoms with Crippen molar-refractivity contribution in [2.75, 3.05) is 4.31 Å². The maximum atomic E-state index is 11.6. The number of anilines is 1. The lowest BCUT2D eigenvalue weighted by atomic mass is 10.1. The summed E-state index contributed by atoms with van der Waals surface area (Å²) in [5.74, 6) is -0.506. The highest BCUT2D eigenvalue weighted by Crippen LogP contribution is 2.35. The van der Waals surface area contributed by atoms with Gasteiger partial charge in [0.25, 0.3) is 0 Å². The van der Waals surface area contributed by atoms with Gasteiger partial charge in [0.15, 0.2) is 0 Å². The van der Waals surface area contributed by atoms with E-state index in [2.05, 4.69) is 6.07 Å². The van der Waals surface area contributed by atoms with Crippen LogP contribution >= 0.6 is 35.1 Å². The van der Waals surface area contributed by atoms with Crippen molar-refractivity contribution in [3.63, 3.8) is 0 Å². The monoisotopic (exact) mass is 427 g/mol. The second-order valence-corrected chi connectivity index (χ2v) is 7.79. The van der Waals surface area contributed by atoms with Crippen LogP contribution in [-0.4, -0.2) is 5.91 Å². The molecule has 1 amide bonds. The summed E-state index contributed by atoms with van der Waals surface area (Å²) in [4.78, 5) is 12.5. The molecule has 0 spiro atoms. The molecular formula is C21H15Cl2N3OS. The van der Waals surface area contributed by atoms with Crippen molar-refractivity contribution in [2.45, 2.75) is 11.4 Å². The molecule has 7 heteroatoms. The summed E-state index contributed by atoms with van der Waals surface area (Å²) in [5, 5.41) is 10.3. The normalized spacial score (nSPS) is 10.3. The zero-order valence-corrected chi connectivity index (χ0v) is 16.9. The summed E-state index contributed by atoms with van der Waals surface area (Å²) in [6.45, 7) is 0.391. The molecule has 0 aliphatic rings. The Morgan fingerprint density at radius 1 is 1.04 bits per heavy atom. The molecule has 0 fully saturated rings. The standard InChI is InChI=1S/C21H15Cl2N3OS/c22-19-8-3-9-20(23)18(19)13-26(16-6-2-5-15(11-16)21(25)27)28-17-7-1-4-14(10-17)12-24/h1-11H,13H2,(H2,25,27). The van der Waals surface area contributed by atoms with Gasteiger partial charge in [-0.25, -0.2) is 0 Å². The van der Waals surface area contributed by atoms with E-state index in [9.17, 15) is 4.79 Å². The topological polar surface area (TPSA) is 70.1 Å². The van der Waals surface area contributed by atoms with Gasteiger partial charge in [-0.1, -0.05) is 41.4 Å². The van der Waals surface area contributed by atoms with Crippen LogP contribution < -0.4 is 10.0 Å². The van der Waals surface area contributed by atoms with Gasteiger partial charge in [-0.05, 0) is 60.5 Å². The van der Waals surface area contributed by atoms with Crippen molar-refractivity contribution in [1.29, 1.82) is 5.26 Å². The SMILES string of the molecule is N#Cc1cccc(SN(Cc2c(Cl)cccc2Cl)c2cccc(C(N)=O)c2)c1. The lowest BCUT2D eigenvalue weighted by molar-refractivity contribution is 0.100. The number of carbonyl (C=O) groups excluding carboxylic acids is 1. The zero-order chi connectivity index (χ0) is 20.1. The Kier molecular flexibility index (Phi) is 6.48. The van der Waals surface area contributed by atoms with Crippen LogP contribution in [-0.2, 0) is 6.54 Å². The number of rotatable bonds is 6. The summed E-state index contributed by atoms with van der Waals surface area (Å²) >= 11 is 14.1. The summed E-state index contributed by atoms with van der Waals surface area (Å²) < 4.78 is 1.95. The molecule has 0 atom stereocenters. The summed E-state index contributed by atoms with van der Waals surface area (Å²) in [6, 6.07) is 21.8. The molecule has 0 aromatic heterocycles. The van der Waals surface area contributed by atoms with Gasteiger partial charge in [0.2, 0.25) is 5.91 Å². The minimum Gasteiger partial charge on any atom is -0.366 e. The lowest BCUT2D eigenvalue weighted by Gasteiger charge is -2.25. The van der Waals surface area contributed by atoms with Crippen LogP contribution in [0.4, 0.5) is 5.69 Å². The Hall–Kier alpha value is -2.65. The molecule has 140 valence electrons. The molecule has 0 saturated heterocycles. The third kappa shape index (κ3) is 4.79. The molecular weight excluding hydrogens is 413 g/mol. The van der Waals surface area contributed by atoms with Crippen LogP contribution in [0.15, 0.2) is 71.6 Å². The number of nitrogens with zero attached hydrogens (tertiary/aromatic N) is 2. The Morgan fingerprint density at radius 2 is 1.71 bits per heavy atom. The Bertz CT molecular complexity index is 1050. The van der Waals surface area contributed by atoms with Crippen LogP contribution in [0.5, 0.6) is 0 Å². The lowest BCUT2D eigenvalue weighted by Crippen LogP contribution is -2.16. The average Bonchev–Trinajstić information content (AvgIpc) is 2.70. The minimum atomic E-state index is -0.506. The molecule has 3 aromatic rings. The first-order valence-electron chi connectivity index (χ1n) is 8.26. The second-order valence-electron chi connectivity index (χ2n) is 5.88. The molecule has 2 N–H and O–H groups in total. The predicted molar refractivity (Wildman–Crippen MR) is 115 cm³/mol. The number of hydrogen-bond acceptors (Lipinski definition) is 4. The van der Waals surface area contributed by atoms with Crippen LogP contribution in [0.3, 0.4) is 0 Å². The molecule has 3 aromatic carbocycles.